The van der Waals surface area contributed by atoms with Crippen LogP contribution in [0, 0.1) is 0 Å². The number of nitrogens with zero attached hydrogens (tertiary/aromatic N) is 2. The molecule has 0 aliphatic rings. The summed E-state index contributed by atoms with van der Waals surface area (Å²) in [6.07, 6.45) is 3.13. The summed E-state index contributed by atoms with van der Waals surface area (Å²) in [5.74, 6) is -2.50. The molecular weight excluding hydrogens is 532 g/mol. The van der Waals surface area contributed by atoms with E-state index in [0.717, 1.165) is 0 Å². The van der Waals surface area contributed by atoms with Crippen molar-refractivity contribution in [3.63, 3.8) is 0 Å². The third-order valence-corrected chi connectivity index (χ3v) is 8.20. The molecule has 0 spiro atoms. The number of allylic oxidation sites excluding steroid dienone is 2. The maximum Gasteiger partial charge on any atom is 2.00 e. The largest absolute Gasteiger partial charge is 2.00 e. The van der Waals surface area contributed by atoms with Crippen molar-refractivity contribution in [3.05, 3.63) is 49.9 Å². The van der Waals surface area contributed by atoms with Crippen molar-refractivity contribution in [3.8, 4) is 0 Å². The van der Waals surface area contributed by atoms with Gasteiger partial charge in [-0.25, -0.2) is 0 Å². The van der Waals surface area contributed by atoms with Gasteiger partial charge < -0.3 is 28.7 Å². The fourth-order valence-electron chi connectivity index (χ4n) is 2.38. The van der Waals surface area contributed by atoms with E-state index in [-0.39, 0.29) is 53.5 Å². The molecule has 35 heavy (non-hydrogen) atoms. The predicted octanol–water partition coefficient (Wildman–Crippen LogP) is 2.18. The van der Waals surface area contributed by atoms with Crippen LogP contribution in [0.5, 0.6) is 0 Å². The number of hydrogen-bond donors (Lipinski definition) is 0. The maximum absolute atomic E-state index is 10.7. The van der Waals surface area contributed by atoms with Gasteiger partial charge in [-0.1, -0.05) is 23.6 Å². The van der Waals surface area contributed by atoms with Gasteiger partial charge in [-0.2, -0.15) is 0 Å². The minimum atomic E-state index is -1.85. The van der Waals surface area contributed by atoms with Crippen molar-refractivity contribution < 1.29 is 45.7 Å². The van der Waals surface area contributed by atoms with Gasteiger partial charge in [0.05, 0.1) is 48.7 Å². The molecule has 0 saturated carbocycles. The van der Waals surface area contributed by atoms with E-state index in [1.165, 1.54) is 12.2 Å². The van der Waals surface area contributed by atoms with E-state index < -0.39 is 28.6 Å². The van der Waals surface area contributed by atoms with Crippen molar-refractivity contribution in [2.75, 3.05) is 13.1 Å². The molecule has 0 aromatic carbocycles. The van der Waals surface area contributed by atoms with Crippen LogP contribution in [0.4, 0.5) is 0 Å². The average Bonchev–Trinajstić information content (AvgIpc) is 2.73. The van der Waals surface area contributed by atoms with Crippen LogP contribution in [-0.2, 0) is 35.5 Å². The zero-order chi connectivity index (χ0) is 26.9. The summed E-state index contributed by atoms with van der Waals surface area (Å²) in [4.78, 5) is 29.4. The summed E-state index contributed by atoms with van der Waals surface area (Å²) in [7, 11) is -3.69. The van der Waals surface area contributed by atoms with Gasteiger partial charge in [0.2, 0.25) is 16.6 Å². The summed E-state index contributed by atoms with van der Waals surface area (Å²) in [5.41, 5.74) is 3.68. The minimum absolute atomic E-state index is 0. The molecule has 2 atom stereocenters. The minimum Gasteiger partial charge on any atom is -0.543 e. The van der Waals surface area contributed by atoms with E-state index in [4.69, 9.17) is 8.85 Å². The first-order valence-electron chi connectivity index (χ1n) is 11.0. The Kier molecular flexibility index (Phi) is 20.8. The first kappa shape index (κ1) is 37.7. The summed E-state index contributed by atoms with van der Waals surface area (Å²) >= 11 is 0. The van der Waals surface area contributed by atoms with Gasteiger partial charge in [-0.15, -0.1) is 26.3 Å². The molecule has 0 rings (SSSR count). The van der Waals surface area contributed by atoms with E-state index in [1.54, 1.807) is 0 Å². The van der Waals surface area contributed by atoms with E-state index >= 15 is 0 Å². The molecule has 0 amide bonds. The van der Waals surface area contributed by atoms with E-state index in [9.17, 15) is 19.8 Å². The first-order chi connectivity index (χ1) is 15.6. The van der Waals surface area contributed by atoms with Gasteiger partial charge in [0.1, 0.15) is 0 Å². The number of aliphatic imine (C=N–C) groups is 2. The Hall–Kier alpha value is -1.89. The number of rotatable bonds is 16. The Bertz CT molecular complexity index is 718. The Morgan fingerprint density at radius 3 is 1.26 bits per heavy atom. The second-order valence-corrected chi connectivity index (χ2v) is 16.3. The summed E-state index contributed by atoms with van der Waals surface area (Å²) in [6.45, 7) is 26.8. The summed E-state index contributed by atoms with van der Waals surface area (Å²) in [5, 5.41) is 21.4. The molecule has 0 N–H and O–H groups in total. The molecule has 2 unspecified atom stereocenters. The Morgan fingerprint density at radius 1 is 0.771 bits per heavy atom. The zero-order valence-electron chi connectivity index (χ0n) is 21.8. The van der Waals surface area contributed by atoms with Crippen LogP contribution in [0.15, 0.2) is 59.9 Å². The topological polar surface area (TPSA) is 123 Å². The molecule has 8 nitrogen and oxygen atoms in total. The Labute approximate surface area is 223 Å². The average molecular weight is 572 g/mol. The molecule has 0 heterocycles. The second kappa shape index (κ2) is 19.3. The standard InChI is InChI=1S/2C12H21NO3Si.Cu/c2*1-6-8-11(12(14)15)13-9-10(3)16-17(4,5)7-2;/h2*6-7,10H,1-2,8-9H2,3-5H3,(H,14,15);/q;;+2/p-2. The first-order valence-corrected chi connectivity index (χ1v) is 17.0. The van der Waals surface area contributed by atoms with Crippen molar-refractivity contribution >= 4 is 40.0 Å². The van der Waals surface area contributed by atoms with E-state index in [1.807, 2.05) is 51.4 Å². The van der Waals surface area contributed by atoms with Gasteiger partial charge in [0.25, 0.3) is 0 Å². The van der Waals surface area contributed by atoms with E-state index in [0.29, 0.717) is 13.1 Å². The monoisotopic (exact) mass is 571 g/mol. The third-order valence-electron chi connectivity index (χ3n) is 4.22. The smallest absolute Gasteiger partial charge is 0.543 e. The number of aliphatic carboxylic acids is 2. The van der Waals surface area contributed by atoms with Gasteiger partial charge in [-0.05, 0) is 40.0 Å². The SMILES string of the molecule is C=CCC(=NCC(C)O[Si](C)(C)C=C)C(=O)[O-].C=CCC(=NCC(C)O[Si](C)(C)C=C)C(=O)[O-].[Cu+2]. The number of carbonyl (C=O) groups excluding carboxylic acids is 2. The van der Waals surface area contributed by atoms with Crippen molar-refractivity contribution in [2.45, 2.75) is 65.1 Å². The molecule has 0 aromatic heterocycles. The van der Waals surface area contributed by atoms with Crippen molar-refractivity contribution in [1.29, 1.82) is 0 Å². The van der Waals surface area contributed by atoms with E-state index in [2.05, 4.69) is 36.3 Å². The van der Waals surface area contributed by atoms with Crippen LogP contribution in [0.3, 0.4) is 0 Å². The van der Waals surface area contributed by atoms with Crippen LogP contribution >= 0.6 is 0 Å². The van der Waals surface area contributed by atoms with Crippen LogP contribution in [0.2, 0.25) is 26.2 Å². The van der Waals surface area contributed by atoms with Gasteiger partial charge in [-0.3, -0.25) is 9.98 Å². The molecule has 0 fully saturated rings. The molecule has 1 radical (unpaired) electrons. The van der Waals surface area contributed by atoms with Gasteiger partial charge in [0.15, 0.2) is 0 Å². The van der Waals surface area contributed by atoms with Crippen molar-refractivity contribution in [1.82, 2.24) is 0 Å². The summed E-state index contributed by atoms with van der Waals surface area (Å²) in [6, 6.07) is 0. The summed E-state index contributed by atoms with van der Waals surface area (Å²) < 4.78 is 11.5. The molecular formula is C24H40CuN2O6Si2. The van der Waals surface area contributed by atoms with Crippen LogP contribution in [-0.4, -0.2) is 65.3 Å². The number of carboxylic acids is 2. The third kappa shape index (κ3) is 20.0. The maximum atomic E-state index is 10.7. The fourth-order valence-corrected chi connectivity index (χ4v) is 4.80. The molecule has 0 aliphatic carbocycles. The molecule has 201 valence electrons. The second-order valence-electron chi connectivity index (χ2n) is 8.61. The Balaban J connectivity index is -0.000000569. The molecule has 11 heteroatoms. The zero-order valence-corrected chi connectivity index (χ0v) is 24.7. The molecule has 0 aliphatic heterocycles. The van der Waals surface area contributed by atoms with Crippen LogP contribution in [0.1, 0.15) is 26.7 Å². The van der Waals surface area contributed by atoms with Crippen LogP contribution < -0.4 is 10.2 Å². The molecule has 0 aromatic rings. The molecule has 0 bridgehead atoms. The van der Waals surface area contributed by atoms with Crippen LogP contribution in [0.25, 0.3) is 0 Å². The quantitative estimate of drug-likeness (QED) is 0.159. The predicted molar refractivity (Wildman–Crippen MR) is 141 cm³/mol. The number of carboxylic acid groups (broad SMARTS) is 2. The fraction of sp³-hybridized carbons (Fsp3) is 0.500. The van der Waals surface area contributed by atoms with Gasteiger partial charge >= 0.3 is 17.1 Å². The Morgan fingerprint density at radius 2 is 1.06 bits per heavy atom. The van der Waals surface area contributed by atoms with Gasteiger partial charge in [0, 0.05) is 12.8 Å². The number of hydrogen-bond acceptors (Lipinski definition) is 8. The van der Waals surface area contributed by atoms with Crippen molar-refractivity contribution in [2.24, 2.45) is 9.98 Å². The molecule has 0 saturated heterocycles. The number of carbonyl (C=O) groups is 2. The normalized spacial score (nSPS) is 13.8.